The van der Waals surface area contributed by atoms with Crippen molar-refractivity contribution in [2.45, 2.75) is 31.3 Å². The quantitative estimate of drug-likeness (QED) is 0.818. The van der Waals surface area contributed by atoms with Gasteiger partial charge < -0.3 is 10.4 Å². The Labute approximate surface area is 102 Å². The van der Waals surface area contributed by atoms with Crippen molar-refractivity contribution in [2.75, 3.05) is 5.32 Å². The first-order valence-electron chi connectivity index (χ1n) is 5.25. The number of nitrogens with one attached hydrogen (secondary N) is 1. The van der Waals surface area contributed by atoms with Crippen LogP contribution in [0, 0.1) is 0 Å². The molecule has 0 saturated heterocycles. The summed E-state index contributed by atoms with van der Waals surface area (Å²) >= 11 is 3.22. The van der Waals surface area contributed by atoms with Crippen LogP contribution >= 0.6 is 15.9 Å². The molecule has 0 aliphatic heterocycles. The Morgan fingerprint density at radius 2 is 2.12 bits per heavy atom. The molecule has 86 valence electrons. The largest absolute Gasteiger partial charge is 0.380 e. The molecule has 1 aliphatic rings. The number of halogens is 1. The minimum Gasteiger partial charge on any atom is -0.380 e. The summed E-state index contributed by atoms with van der Waals surface area (Å²) in [5, 5.41) is 12.7. The molecule has 0 aromatic carbocycles. The summed E-state index contributed by atoms with van der Waals surface area (Å²) < 4.78 is 0.713. The fourth-order valence-electron chi connectivity index (χ4n) is 1.88. The Kier molecular flexibility index (Phi) is 3.25. The van der Waals surface area contributed by atoms with Crippen LogP contribution in [0.1, 0.15) is 25.7 Å². The molecule has 2 rings (SSSR count). The maximum atomic E-state index is 11.8. The van der Waals surface area contributed by atoms with Gasteiger partial charge in [0.15, 0.2) is 0 Å². The smallest absolute Gasteiger partial charge is 0.256 e. The summed E-state index contributed by atoms with van der Waals surface area (Å²) in [7, 11) is 0. The van der Waals surface area contributed by atoms with Crippen LogP contribution in [0.3, 0.4) is 0 Å². The topological polar surface area (TPSA) is 62.2 Å². The lowest BCUT2D eigenvalue weighted by molar-refractivity contribution is -0.133. The summed E-state index contributed by atoms with van der Waals surface area (Å²) in [6.07, 6.45) is 4.46. The van der Waals surface area contributed by atoms with E-state index < -0.39 is 5.60 Å². The standard InChI is InChI=1S/C11H13BrN2O2/c12-9-4-3-8(7-13-9)14-10(15)11(16)5-1-2-6-11/h3-4,7,16H,1-2,5-6H2,(H,14,15). The van der Waals surface area contributed by atoms with Crippen LogP contribution in [0.15, 0.2) is 22.9 Å². The van der Waals surface area contributed by atoms with Gasteiger partial charge in [0.1, 0.15) is 10.2 Å². The zero-order valence-corrected chi connectivity index (χ0v) is 10.3. The van der Waals surface area contributed by atoms with Gasteiger partial charge in [-0.2, -0.15) is 0 Å². The van der Waals surface area contributed by atoms with Crippen molar-refractivity contribution >= 4 is 27.5 Å². The van der Waals surface area contributed by atoms with E-state index in [-0.39, 0.29) is 5.91 Å². The predicted octanol–water partition coefficient (Wildman–Crippen LogP) is 2.09. The molecule has 0 spiro atoms. The van der Waals surface area contributed by atoms with Gasteiger partial charge in [0.25, 0.3) is 5.91 Å². The first kappa shape index (κ1) is 11.5. The van der Waals surface area contributed by atoms with Gasteiger partial charge in [0.2, 0.25) is 0 Å². The molecular formula is C11H13BrN2O2. The zero-order chi connectivity index (χ0) is 11.6. The van der Waals surface area contributed by atoms with Crippen LogP contribution in [0.5, 0.6) is 0 Å². The molecule has 2 N–H and O–H groups in total. The lowest BCUT2D eigenvalue weighted by Gasteiger charge is -2.20. The van der Waals surface area contributed by atoms with Gasteiger partial charge in [-0.3, -0.25) is 4.79 Å². The van der Waals surface area contributed by atoms with E-state index in [4.69, 9.17) is 0 Å². The number of nitrogens with zero attached hydrogens (tertiary/aromatic N) is 1. The van der Waals surface area contributed by atoms with Crippen molar-refractivity contribution in [1.29, 1.82) is 0 Å². The van der Waals surface area contributed by atoms with Gasteiger partial charge in [-0.1, -0.05) is 0 Å². The van der Waals surface area contributed by atoms with Gasteiger partial charge >= 0.3 is 0 Å². The van der Waals surface area contributed by atoms with Crippen molar-refractivity contribution in [1.82, 2.24) is 4.98 Å². The number of amides is 1. The molecule has 0 atom stereocenters. The lowest BCUT2D eigenvalue weighted by Crippen LogP contribution is -2.40. The first-order valence-corrected chi connectivity index (χ1v) is 6.05. The number of hydrogen-bond acceptors (Lipinski definition) is 3. The van der Waals surface area contributed by atoms with Crippen molar-refractivity contribution in [3.8, 4) is 0 Å². The maximum absolute atomic E-state index is 11.8. The highest BCUT2D eigenvalue weighted by Gasteiger charge is 2.38. The first-order chi connectivity index (χ1) is 7.60. The SMILES string of the molecule is O=C(Nc1ccc(Br)nc1)C1(O)CCCC1. The van der Waals surface area contributed by atoms with E-state index in [1.807, 2.05) is 0 Å². The minimum absolute atomic E-state index is 0.325. The molecule has 1 aromatic heterocycles. The van der Waals surface area contributed by atoms with Crippen molar-refractivity contribution in [3.05, 3.63) is 22.9 Å². The molecular weight excluding hydrogens is 272 g/mol. The number of carbonyl (C=O) groups is 1. The van der Waals surface area contributed by atoms with E-state index in [1.54, 1.807) is 18.3 Å². The van der Waals surface area contributed by atoms with E-state index in [0.717, 1.165) is 12.8 Å². The number of rotatable bonds is 2. The third-order valence-corrected chi connectivity index (χ3v) is 3.31. The minimum atomic E-state index is -1.19. The normalized spacial score (nSPS) is 18.4. The summed E-state index contributed by atoms with van der Waals surface area (Å²) in [4.78, 5) is 15.8. The highest BCUT2D eigenvalue weighted by atomic mass is 79.9. The Hall–Kier alpha value is -0.940. The average molecular weight is 285 g/mol. The highest BCUT2D eigenvalue weighted by Crippen LogP contribution is 2.30. The molecule has 1 fully saturated rings. The fourth-order valence-corrected chi connectivity index (χ4v) is 2.12. The Morgan fingerprint density at radius 1 is 1.44 bits per heavy atom. The second-order valence-electron chi connectivity index (χ2n) is 4.06. The van der Waals surface area contributed by atoms with Crippen LogP contribution in [0.25, 0.3) is 0 Å². The van der Waals surface area contributed by atoms with Gasteiger partial charge in [-0.05, 0) is 53.7 Å². The molecule has 1 aromatic rings. The van der Waals surface area contributed by atoms with E-state index in [1.165, 1.54) is 0 Å². The van der Waals surface area contributed by atoms with E-state index in [9.17, 15) is 9.90 Å². The number of aromatic nitrogens is 1. The zero-order valence-electron chi connectivity index (χ0n) is 8.74. The number of anilines is 1. The Balaban J connectivity index is 2.04. The molecule has 16 heavy (non-hydrogen) atoms. The predicted molar refractivity (Wildman–Crippen MR) is 64.0 cm³/mol. The molecule has 0 unspecified atom stereocenters. The van der Waals surface area contributed by atoms with E-state index in [2.05, 4.69) is 26.2 Å². The van der Waals surface area contributed by atoms with Gasteiger partial charge in [0.05, 0.1) is 11.9 Å². The van der Waals surface area contributed by atoms with Crippen LogP contribution in [0.2, 0.25) is 0 Å². The molecule has 0 bridgehead atoms. The van der Waals surface area contributed by atoms with Gasteiger partial charge in [-0.25, -0.2) is 4.98 Å². The molecule has 5 heteroatoms. The summed E-state index contributed by atoms with van der Waals surface area (Å²) in [5.74, 6) is -0.325. The number of aliphatic hydroxyl groups is 1. The Bertz CT molecular complexity index is 385. The van der Waals surface area contributed by atoms with Gasteiger partial charge in [-0.15, -0.1) is 0 Å². The van der Waals surface area contributed by atoms with Crippen LogP contribution in [-0.2, 0) is 4.79 Å². The molecule has 1 amide bonds. The molecule has 1 aliphatic carbocycles. The van der Waals surface area contributed by atoms with Crippen molar-refractivity contribution in [2.24, 2.45) is 0 Å². The molecule has 1 heterocycles. The van der Waals surface area contributed by atoms with Crippen LogP contribution < -0.4 is 5.32 Å². The maximum Gasteiger partial charge on any atom is 0.256 e. The number of hydrogen-bond donors (Lipinski definition) is 2. The molecule has 0 radical (unpaired) electrons. The highest BCUT2D eigenvalue weighted by molar-refractivity contribution is 9.10. The second kappa shape index (κ2) is 4.51. The molecule has 4 nitrogen and oxygen atoms in total. The summed E-state index contributed by atoms with van der Waals surface area (Å²) in [6, 6.07) is 3.49. The van der Waals surface area contributed by atoms with Crippen molar-refractivity contribution < 1.29 is 9.90 Å². The number of pyridine rings is 1. The summed E-state index contributed by atoms with van der Waals surface area (Å²) in [6.45, 7) is 0. The van der Waals surface area contributed by atoms with E-state index in [0.29, 0.717) is 23.1 Å². The summed E-state index contributed by atoms with van der Waals surface area (Å²) in [5.41, 5.74) is -0.582. The van der Waals surface area contributed by atoms with E-state index >= 15 is 0 Å². The average Bonchev–Trinajstić information content (AvgIpc) is 2.70. The monoisotopic (exact) mass is 284 g/mol. The third kappa shape index (κ3) is 2.41. The third-order valence-electron chi connectivity index (χ3n) is 2.84. The lowest BCUT2D eigenvalue weighted by atomic mass is 10.0. The number of carbonyl (C=O) groups excluding carboxylic acids is 1. The Morgan fingerprint density at radius 3 is 2.69 bits per heavy atom. The van der Waals surface area contributed by atoms with Crippen LogP contribution in [0.4, 0.5) is 5.69 Å². The fraction of sp³-hybridized carbons (Fsp3) is 0.455. The van der Waals surface area contributed by atoms with Gasteiger partial charge in [0, 0.05) is 0 Å². The second-order valence-corrected chi connectivity index (χ2v) is 4.87. The molecule has 1 saturated carbocycles. The van der Waals surface area contributed by atoms with Crippen molar-refractivity contribution in [3.63, 3.8) is 0 Å². The van der Waals surface area contributed by atoms with Crippen LogP contribution in [-0.4, -0.2) is 21.6 Å².